The molecule has 1 aromatic rings. The second-order valence-corrected chi connectivity index (χ2v) is 6.61. The van der Waals surface area contributed by atoms with E-state index in [1.165, 1.54) is 11.8 Å². The van der Waals surface area contributed by atoms with Gasteiger partial charge in [0.15, 0.2) is 0 Å². The molecule has 32 heavy (non-hydrogen) atoms. The van der Waals surface area contributed by atoms with Gasteiger partial charge >= 0.3 is 24.2 Å². The van der Waals surface area contributed by atoms with Crippen molar-refractivity contribution in [2.24, 2.45) is 5.73 Å². The number of rotatable bonds is 9. The van der Waals surface area contributed by atoms with E-state index in [9.17, 15) is 22.8 Å². The first kappa shape index (κ1) is 29.0. The van der Waals surface area contributed by atoms with E-state index in [0.717, 1.165) is 11.3 Å². The molecule has 0 saturated carbocycles. The third-order valence-corrected chi connectivity index (χ3v) is 4.05. The van der Waals surface area contributed by atoms with Gasteiger partial charge in [0, 0.05) is 26.4 Å². The van der Waals surface area contributed by atoms with Crippen molar-refractivity contribution < 1.29 is 46.9 Å². The number of hydrogen-bond acceptors (Lipinski definition) is 7. The van der Waals surface area contributed by atoms with Crippen molar-refractivity contribution in [3.63, 3.8) is 0 Å². The summed E-state index contributed by atoms with van der Waals surface area (Å²) in [5.74, 6) is -2.42. The van der Waals surface area contributed by atoms with E-state index >= 15 is 0 Å². The van der Waals surface area contributed by atoms with Crippen molar-refractivity contribution in [3.8, 4) is 5.75 Å². The Bertz CT molecular complexity index is 744. The summed E-state index contributed by atoms with van der Waals surface area (Å²) in [6, 6.07) is 7.53. The van der Waals surface area contributed by atoms with E-state index in [0.29, 0.717) is 19.4 Å². The molecular formula is C20H29F3N2O7. The number of para-hydroxylation sites is 1. The highest BCUT2D eigenvalue weighted by Gasteiger charge is 2.38. The number of likely N-dealkylation sites (N-methyl/N-ethyl adjacent to an activating group) is 1. The molecule has 0 fully saturated rings. The van der Waals surface area contributed by atoms with Crippen LogP contribution in [-0.4, -0.2) is 67.2 Å². The van der Waals surface area contributed by atoms with Crippen LogP contribution in [0.25, 0.3) is 0 Å². The molecule has 0 bridgehead atoms. The molecule has 0 aliphatic rings. The number of nitrogens with zero attached hydrogens (tertiary/aromatic N) is 1. The molecule has 182 valence electrons. The Morgan fingerprint density at radius 2 is 1.72 bits per heavy atom. The van der Waals surface area contributed by atoms with Crippen molar-refractivity contribution >= 4 is 18.0 Å². The lowest BCUT2D eigenvalue weighted by Crippen LogP contribution is -2.39. The molecule has 0 saturated heterocycles. The van der Waals surface area contributed by atoms with Crippen molar-refractivity contribution in [1.29, 1.82) is 0 Å². The van der Waals surface area contributed by atoms with Gasteiger partial charge in [0.2, 0.25) is 6.29 Å². The summed E-state index contributed by atoms with van der Waals surface area (Å²) in [7, 11) is 3.26. The number of carboxylic acid groups (broad SMARTS) is 1. The van der Waals surface area contributed by atoms with Gasteiger partial charge in [0.05, 0.1) is 7.11 Å². The lowest BCUT2D eigenvalue weighted by molar-refractivity contribution is -0.192. The number of amides is 1. The number of nitrogens with two attached hydrogens (primary N) is 1. The summed E-state index contributed by atoms with van der Waals surface area (Å²) in [5, 5.41) is 7.12. The van der Waals surface area contributed by atoms with Crippen LogP contribution < -0.4 is 10.5 Å². The smallest absolute Gasteiger partial charge is 0.490 e. The van der Waals surface area contributed by atoms with Gasteiger partial charge in [-0.3, -0.25) is 4.79 Å². The molecule has 9 nitrogen and oxygen atoms in total. The zero-order chi connectivity index (χ0) is 24.9. The van der Waals surface area contributed by atoms with Gasteiger partial charge in [0.1, 0.15) is 5.75 Å². The first-order chi connectivity index (χ1) is 14.8. The zero-order valence-electron chi connectivity index (χ0n) is 18.3. The standard InChI is InChI=1S/C18H28N2O5.C2HF3O2/c1-13(12-15-8-5-6-9-16(15)23-4)20(3)18(22)25-14(2)24-17(21)10-7-11-19;3-2(4,5)1(6)7/h5-6,8-9,13-14H,7,10-12,19H2,1-4H3;(H,6,7). The fourth-order valence-corrected chi connectivity index (χ4v) is 2.25. The summed E-state index contributed by atoms with van der Waals surface area (Å²) in [5.41, 5.74) is 6.34. The number of ether oxygens (including phenoxy) is 3. The average molecular weight is 466 g/mol. The number of carboxylic acids is 1. The van der Waals surface area contributed by atoms with Crippen molar-refractivity contribution in [2.45, 2.75) is 51.6 Å². The Morgan fingerprint density at radius 1 is 1.16 bits per heavy atom. The maximum Gasteiger partial charge on any atom is 0.490 e. The number of carbonyl (C=O) groups is 3. The summed E-state index contributed by atoms with van der Waals surface area (Å²) >= 11 is 0. The van der Waals surface area contributed by atoms with E-state index in [4.69, 9.17) is 29.8 Å². The molecule has 12 heteroatoms. The van der Waals surface area contributed by atoms with Gasteiger partial charge in [-0.2, -0.15) is 13.2 Å². The fourth-order valence-electron chi connectivity index (χ4n) is 2.25. The number of esters is 1. The van der Waals surface area contributed by atoms with Crippen LogP contribution in [0, 0.1) is 0 Å². The highest BCUT2D eigenvalue weighted by Crippen LogP contribution is 2.20. The largest absolute Gasteiger partial charge is 0.496 e. The Labute approximate surface area is 184 Å². The summed E-state index contributed by atoms with van der Waals surface area (Å²) < 4.78 is 47.2. The Hall–Kier alpha value is -3.02. The summed E-state index contributed by atoms with van der Waals surface area (Å²) in [6.07, 6.45) is -5.23. The molecular weight excluding hydrogens is 437 g/mol. The molecule has 1 rings (SSSR count). The van der Waals surface area contributed by atoms with Gasteiger partial charge in [-0.25, -0.2) is 9.59 Å². The van der Waals surface area contributed by atoms with Crippen LogP contribution >= 0.6 is 0 Å². The van der Waals surface area contributed by atoms with Crippen LogP contribution in [0.1, 0.15) is 32.3 Å². The molecule has 1 amide bonds. The molecule has 3 N–H and O–H groups in total. The van der Waals surface area contributed by atoms with Crippen LogP contribution in [-0.2, 0) is 25.5 Å². The molecule has 0 aromatic heterocycles. The third-order valence-electron chi connectivity index (χ3n) is 4.05. The topological polar surface area (TPSA) is 128 Å². The first-order valence-corrected chi connectivity index (χ1v) is 9.58. The van der Waals surface area contributed by atoms with Gasteiger partial charge in [-0.1, -0.05) is 18.2 Å². The predicted octanol–water partition coefficient (Wildman–Crippen LogP) is 2.96. The number of carbonyl (C=O) groups excluding carboxylic acids is 2. The maximum atomic E-state index is 12.2. The third kappa shape index (κ3) is 11.4. The van der Waals surface area contributed by atoms with Crippen LogP contribution in [0.3, 0.4) is 0 Å². The minimum atomic E-state index is -5.08. The Balaban J connectivity index is 0.00000118. The minimum Gasteiger partial charge on any atom is -0.496 e. The molecule has 2 atom stereocenters. The van der Waals surface area contributed by atoms with Crippen LogP contribution in [0.2, 0.25) is 0 Å². The normalized spacial score (nSPS) is 12.5. The Kier molecular flexibility index (Phi) is 12.8. The fraction of sp³-hybridized carbons (Fsp3) is 0.550. The van der Waals surface area contributed by atoms with E-state index in [2.05, 4.69) is 0 Å². The number of methoxy groups -OCH3 is 1. The quantitative estimate of drug-likeness (QED) is 0.420. The molecule has 0 spiro atoms. The van der Waals surface area contributed by atoms with Gasteiger partial charge in [-0.05, 0) is 37.9 Å². The highest BCUT2D eigenvalue weighted by molar-refractivity contribution is 5.73. The first-order valence-electron chi connectivity index (χ1n) is 9.58. The minimum absolute atomic E-state index is 0.121. The molecule has 0 aliphatic heterocycles. The molecule has 1 aromatic carbocycles. The number of halogens is 3. The number of alkyl halides is 3. The van der Waals surface area contributed by atoms with Crippen molar-refractivity contribution in [1.82, 2.24) is 4.90 Å². The lowest BCUT2D eigenvalue weighted by atomic mass is 10.1. The van der Waals surface area contributed by atoms with Crippen molar-refractivity contribution in [2.75, 3.05) is 20.7 Å². The molecule has 0 radical (unpaired) electrons. The summed E-state index contributed by atoms with van der Waals surface area (Å²) in [6.45, 7) is 3.83. The predicted molar refractivity (Wildman–Crippen MR) is 108 cm³/mol. The van der Waals surface area contributed by atoms with Crippen LogP contribution in [0.4, 0.5) is 18.0 Å². The second-order valence-electron chi connectivity index (χ2n) is 6.61. The monoisotopic (exact) mass is 466 g/mol. The SMILES string of the molecule is COc1ccccc1CC(C)N(C)C(=O)OC(C)OC(=O)CCCN.O=C(O)C(F)(F)F. The molecule has 2 unspecified atom stereocenters. The number of hydrogen-bond donors (Lipinski definition) is 2. The van der Waals surface area contributed by atoms with Crippen LogP contribution in [0.15, 0.2) is 24.3 Å². The summed E-state index contributed by atoms with van der Waals surface area (Å²) in [4.78, 5) is 34.1. The maximum absolute atomic E-state index is 12.2. The van der Waals surface area contributed by atoms with E-state index < -0.39 is 30.5 Å². The number of aliphatic carboxylic acids is 1. The Morgan fingerprint density at radius 3 is 2.22 bits per heavy atom. The van der Waals surface area contributed by atoms with Gasteiger partial charge < -0.3 is 30.0 Å². The van der Waals surface area contributed by atoms with Crippen LogP contribution in [0.5, 0.6) is 5.75 Å². The number of benzene rings is 1. The van der Waals surface area contributed by atoms with E-state index in [1.807, 2.05) is 31.2 Å². The molecule has 0 heterocycles. The zero-order valence-corrected chi connectivity index (χ0v) is 18.3. The van der Waals surface area contributed by atoms with E-state index in [-0.39, 0.29) is 12.5 Å². The molecule has 0 aliphatic carbocycles. The van der Waals surface area contributed by atoms with E-state index in [1.54, 1.807) is 14.2 Å². The average Bonchev–Trinajstić information content (AvgIpc) is 2.71. The van der Waals surface area contributed by atoms with Gasteiger partial charge in [0.25, 0.3) is 0 Å². The lowest BCUT2D eigenvalue weighted by Gasteiger charge is -2.26. The van der Waals surface area contributed by atoms with Gasteiger partial charge in [-0.15, -0.1) is 0 Å². The second kappa shape index (κ2) is 14.1. The highest BCUT2D eigenvalue weighted by atomic mass is 19.4. The van der Waals surface area contributed by atoms with Crippen molar-refractivity contribution in [3.05, 3.63) is 29.8 Å².